The molecule has 0 saturated heterocycles. The molecule has 1 aromatic rings. The van der Waals surface area contributed by atoms with Crippen molar-refractivity contribution >= 4 is 0 Å². The Morgan fingerprint density at radius 3 is 2.33 bits per heavy atom. The van der Waals surface area contributed by atoms with Crippen molar-refractivity contribution in [3.8, 4) is 5.75 Å². The molecule has 0 heterocycles. The van der Waals surface area contributed by atoms with Crippen molar-refractivity contribution in [1.82, 2.24) is 0 Å². The van der Waals surface area contributed by atoms with E-state index in [1.54, 1.807) is 7.11 Å². The molecule has 0 fully saturated rings. The zero-order chi connectivity index (χ0) is 11.3. The molecule has 0 aromatic heterocycles. The number of aliphatic hydroxyl groups excluding tert-OH is 1. The van der Waals surface area contributed by atoms with Crippen LogP contribution < -0.4 is 10.5 Å². The molecule has 0 aliphatic carbocycles. The first-order valence-corrected chi connectivity index (χ1v) is 5.12. The van der Waals surface area contributed by atoms with E-state index < -0.39 is 0 Å². The van der Waals surface area contributed by atoms with Gasteiger partial charge in [0.25, 0.3) is 0 Å². The van der Waals surface area contributed by atoms with Crippen LogP contribution in [0.2, 0.25) is 0 Å². The van der Waals surface area contributed by atoms with Gasteiger partial charge in [0, 0.05) is 5.41 Å². The van der Waals surface area contributed by atoms with E-state index in [1.165, 1.54) is 0 Å². The molecule has 84 valence electrons. The number of hydrogen-bond donors (Lipinski definition) is 2. The topological polar surface area (TPSA) is 55.5 Å². The average Bonchev–Trinajstić information content (AvgIpc) is 2.29. The maximum Gasteiger partial charge on any atom is 0.118 e. The number of methoxy groups -OCH3 is 1. The van der Waals surface area contributed by atoms with Crippen LogP contribution in [0.15, 0.2) is 24.3 Å². The summed E-state index contributed by atoms with van der Waals surface area (Å²) in [6.07, 6.45) is 0.774. The second kappa shape index (κ2) is 5.14. The maximum atomic E-state index is 9.41. The molecular formula is C12H19NO2. The van der Waals surface area contributed by atoms with Gasteiger partial charge in [0.05, 0.1) is 13.7 Å². The average molecular weight is 209 g/mol. The Balaban J connectivity index is 2.92. The van der Waals surface area contributed by atoms with Crippen molar-refractivity contribution in [2.45, 2.75) is 18.8 Å². The summed E-state index contributed by atoms with van der Waals surface area (Å²) in [4.78, 5) is 0. The fourth-order valence-corrected chi connectivity index (χ4v) is 1.63. The molecule has 3 N–H and O–H groups in total. The number of rotatable bonds is 5. The summed E-state index contributed by atoms with van der Waals surface area (Å²) in [7, 11) is 1.64. The van der Waals surface area contributed by atoms with E-state index in [-0.39, 0.29) is 12.0 Å². The van der Waals surface area contributed by atoms with Crippen LogP contribution in [0.4, 0.5) is 0 Å². The molecule has 0 amide bonds. The summed E-state index contributed by atoms with van der Waals surface area (Å²) < 4.78 is 5.09. The van der Waals surface area contributed by atoms with Gasteiger partial charge in [-0.25, -0.2) is 0 Å². The van der Waals surface area contributed by atoms with Crippen LogP contribution in [0.5, 0.6) is 5.75 Å². The third-order valence-electron chi connectivity index (χ3n) is 2.83. The van der Waals surface area contributed by atoms with Crippen molar-refractivity contribution in [3.63, 3.8) is 0 Å². The lowest BCUT2D eigenvalue weighted by molar-refractivity contribution is 0.199. The number of benzene rings is 1. The van der Waals surface area contributed by atoms with Crippen molar-refractivity contribution in [2.75, 3.05) is 20.3 Å². The van der Waals surface area contributed by atoms with Crippen LogP contribution in [0.3, 0.4) is 0 Å². The van der Waals surface area contributed by atoms with E-state index in [0.29, 0.717) is 6.54 Å². The lowest BCUT2D eigenvalue weighted by atomic mass is 9.80. The highest BCUT2D eigenvalue weighted by Crippen LogP contribution is 2.27. The zero-order valence-corrected chi connectivity index (χ0v) is 9.36. The van der Waals surface area contributed by atoms with Crippen LogP contribution in [-0.4, -0.2) is 25.4 Å². The number of hydrogen-bond acceptors (Lipinski definition) is 3. The molecule has 15 heavy (non-hydrogen) atoms. The minimum atomic E-state index is -0.249. The zero-order valence-electron chi connectivity index (χ0n) is 9.36. The molecule has 0 saturated carbocycles. The van der Waals surface area contributed by atoms with Gasteiger partial charge in [0.1, 0.15) is 5.75 Å². The number of nitrogens with two attached hydrogens (primary N) is 1. The summed E-state index contributed by atoms with van der Waals surface area (Å²) >= 11 is 0. The molecular weight excluding hydrogens is 190 g/mol. The first-order valence-electron chi connectivity index (χ1n) is 5.12. The molecule has 1 unspecified atom stereocenters. The minimum absolute atomic E-state index is 0.108. The molecule has 0 radical (unpaired) electrons. The second-order valence-corrected chi connectivity index (χ2v) is 3.99. The lowest BCUT2D eigenvalue weighted by Crippen LogP contribution is -2.29. The lowest BCUT2D eigenvalue weighted by Gasteiger charge is -2.27. The minimum Gasteiger partial charge on any atom is -0.497 e. The molecule has 0 aliphatic heterocycles. The van der Waals surface area contributed by atoms with E-state index in [0.717, 1.165) is 17.7 Å². The van der Waals surface area contributed by atoms with Crippen LogP contribution >= 0.6 is 0 Å². The fourth-order valence-electron chi connectivity index (χ4n) is 1.63. The van der Waals surface area contributed by atoms with Crippen molar-refractivity contribution in [3.05, 3.63) is 29.8 Å². The summed E-state index contributed by atoms with van der Waals surface area (Å²) in [5, 5.41) is 9.41. The van der Waals surface area contributed by atoms with Crippen molar-refractivity contribution < 1.29 is 9.84 Å². The molecule has 1 rings (SSSR count). The van der Waals surface area contributed by atoms with E-state index in [2.05, 4.69) is 0 Å². The van der Waals surface area contributed by atoms with Gasteiger partial charge in [-0.1, -0.05) is 19.1 Å². The normalized spacial score (nSPS) is 14.7. The van der Waals surface area contributed by atoms with Gasteiger partial charge < -0.3 is 15.6 Å². The Bertz CT molecular complexity index is 297. The van der Waals surface area contributed by atoms with E-state index >= 15 is 0 Å². The standard InChI is InChI=1S/C12H19NO2/c1-12(9-14,7-8-13)10-3-5-11(15-2)6-4-10/h3-6,14H,7-9,13H2,1-2H3. The highest BCUT2D eigenvalue weighted by atomic mass is 16.5. The molecule has 1 aromatic carbocycles. The molecule has 3 heteroatoms. The SMILES string of the molecule is COc1ccc(C(C)(CO)CCN)cc1. The van der Waals surface area contributed by atoms with Crippen LogP contribution in [0, 0.1) is 0 Å². The summed E-state index contributed by atoms with van der Waals surface area (Å²) in [5.74, 6) is 0.826. The van der Waals surface area contributed by atoms with Crippen LogP contribution in [-0.2, 0) is 5.41 Å². The van der Waals surface area contributed by atoms with Crippen molar-refractivity contribution in [2.24, 2.45) is 5.73 Å². The molecule has 1 atom stereocenters. The van der Waals surface area contributed by atoms with E-state index in [1.807, 2.05) is 31.2 Å². The third kappa shape index (κ3) is 2.70. The van der Waals surface area contributed by atoms with Gasteiger partial charge in [-0.15, -0.1) is 0 Å². The quantitative estimate of drug-likeness (QED) is 0.768. The Labute approximate surface area is 90.9 Å². The highest BCUT2D eigenvalue weighted by molar-refractivity contribution is 5.32. The highest BCUT2D eigenvalue weighted by Gasteiger charge is 2.24. The Morgan fingerprint density at radius 2 is 1.93 bits per heavy atom. The van der Waals surface area contributed by atoms with E-state index in [9.17, 15) is 5.11 Å². The first kappa shape index (κ1) is 12.0. The van der Waals surface area contributed by atoms with Gasteiger partial charge >= 0.3 is 0 Å². The molecule has 3 nitrogen and oxygen atoms in total. The second-order valence-electron chi connectivity index (χ2n) is 3.99. The molecule has 0 spiro atoms. The predicted octanol–water partition coefficient (Wildman–Crippen LogP) is 1.29. The van der Waals surface area contributed by atoms with Gasteiger partial charge in [-0.3, -0.25) is 0 Å². The Hall–Kier alpha value is -1.06. The summed E-state index contributed by atoms with van der Waals surface area (Å²) in [6.45, 7) is 2.70. The summed E-state index contributed by atoms with van der Waals surface area (Å²) in [5.41, 5.74) is 6.39. The predicted molar refractivity (Wildman–Crippen MR) is 61.1 cm³/mol. The van der Waals surface area contributed by atoms with Crippen LogP contribution in [0.25, 0.3) is 0 Å². The third-order valence-corrected chi connectivity index (χ3v) is 2.83. The van der Waals surface area contributed by atoms with Gasteiger partial charge in [-0.05, 0) is 30.7 Å². The van der Waals surface area contributed by atoms with Gasteiger partial charge in [0.15, 0.2) is 0 Å². The summed E-state index contributed by atoms with van der Waals surface area (Å²) in [6, 6.07) is 7.76. The first-order chi connectivity index (χ1) is 7.16. The monoisotopic (exact) mass is 209 g/mol. The maximum absolute atomic E-state index is 9.41. The van der Waals surface area contributed by atoms with E-state index in [4.69, 9.17) is 10.5 Å². The van der Waals surface area contributed by atoms with Gasteiger partial charge in [0.2, 0.25) is 0 Å². The van der Waals surface area contributed by atoms with Gasteiger partial charge in [-0.2, -0.15) is 0 Å². The van der Waals surface area contributed by atoms with Crippen LogP contribution in [0.1, 0.15) is 18.9 Å². The Morgan fingerprint density at radius 1 is 1.33 bits per heavy atom. The Kier molecular flexibility index (Phi) is 4.12. The molecule has 0 bridgehead atoms. The fraction of sp³-hybridized carbons (Fsp3) is 0.500. The molecule has 0 aliphatic rings. The smallest absolute Gasteiger partial charge is 0.118 e. The number of aliphatic hydroxyl groups is 1. The number of ether oxygens (including phenoxy) is 1. The largest absolute Gasteiger partial charge is 0.497 e. The van der Waals surface area contributed by atoms with Crippen molar-refractivity contribution in [1.29, 1.82) is 0 Å².